The minimum absolute atomic E-state index is 0. The van der Waals surface area contributed by atoms with Gasteiger partial charge < -0.3 is 10.6 Å². The van der Waals surface area contributed by atoms with Crippen LogP contribution in [0.4, 0.5) is 11.4 Å². The standard InChI is InChI=1S/C19H19N3O2S2.3H2/c23-26(24,22-17-9-5-2-6-10-17)18-13-11-16(12-14-18)21-19(25)20-15-7-3-1-4-8-15;;;/h1,3-5,7-14,22H,2,6H2,(H2,20,21,25);3*1H. The summed E-state index contributed by atoms with van der Waals surface area (Å²) in [5, 5.41) is 6.53. The third-order valence-electron chi connectivity index (χ3n) is 3.70. The highest BCUT2D eigenvalue weighted by atomic mass is 32.2. The average molecular weight is 392 g/mol. The van der Waals surface area contributed by atoms with Gasteiger partial charge in [0.2, 0.25) is 0 Å². The number of allylic oxidation sites excluding steroid dienone is 3. The second-order valence-corrected chi connectivity index (χ2v) is 7.80. The van der Waals surface area contributed by atoms with E-state index in [-0.39, 0.29) is 9.18 Å². The first-order valence-corrected chi connectivity index (χ1v) is 10.0. The normalized spacial score (nSPS) is 13.6. The predicted octanol–water partition coefficient (Wildman–Crippen LogP) is 4.75. The molecular weight excluding hydrogens is 366 g/mol. The highest BCUT2D eigenvalue weighted by Gasteiger charge is 2.15. The number of anilines is 2. The van der Waals surface area contributed by atoms with Crippen molar-refractivity contribution in [2.45, 2.75) is 17.7 Å². The Morgan fingerprint density at radius 2 is 1.58 bits per heavy atom. The van der Waals surface area contributed by atoms with Crippen LogP contribution in [0, 0.1) is 0 Å². The van der Waals surface area contributed by atoms with Crippen molar-refractivity contribution in [3.8, 4) is 0 Å². The summed E-state index contributed by atoms with van der Waals surface area (Å²) < 4.78 is 27.5. The molecule has 0 aromatic heterocycles. The van der Waals surface area contributed by atoms with Gasteiger partial charge in [0.15, 0.2) is 5.11 Å². The first-order chi connectivity index (χ1) is 12.5. The topological polar surface area (TPSA) is 70.2 Å². The first kappa shape index (κ1) is 18.2. The summed E-state index contributed by atoms with van der Waals surface area (Å²) in [5.74, 6) is 0. The smallest absolute Gasteiger partial charge is 0.261 e. The summed E-state index contributed by atoms with van der Waals surface area (Å²) >= 11 is 5.26. The van der Waals surface area contributed by atoms with Crippen LogP contribution >= 0.6 is 12.2 Å². The van der Waals surface area contributed by atoms with E-state index >= 15 is 0 Å². The summed E-state index contributed by atoms with van der Waals surface area (Å²) in [6.07, 6.45) is 7.38. The maximum absolute atomic E-state index is 12.4. The summed E-state index contributed by atoms with van der Waals surface area (Å²) in [4.78, 5) is 0.199. The molecule has 7 heteroatoms. The average Bonchev–Trinajstić information content (AvgIpc) is 2.63. The fourth-order valence-electron chi connectivity index (χ4n) is 2.44. The van der Waals surface area contributed by atoms with E-state index in [2.05, 4.69) is 15.4 Å². The number of nitrogens with one attached hydrogen (secondary N) is 3. The molecule has 0 fully saturated rings. The third-order valence-corrected chi connectivity index (χ3v) is 5.30. The third kappa shape index (κ3) is 4.93. The van der Waals surface area contributed by atoms with Crippen LogP contribution in [-0.2, 0) is 10.0 Å². The molecule has 1 aliphatic rings. The van der Waals surface area contributed by atoms with Crippen molar-refractivity contribution in [1.29, 1.82) is 0 Å². The molecule has 0 aliphatic heterocycles. The van der Waals surface area contributed by atoms with Crippen molar-refractivity contribution in [1.82, 2.24) is 4.72 Å². The summed E-state index contributed by atoms with van der Waals surface area (Å²) in [6, 6.07) is 16.0. The van der Waals surface area contributed by atoms with Gasteiger partial charge in [0.05, 0.1) is 4.90 Å². The van der Waals surface area contributed by atoms with Crippen LogP contribution in [0.25, 0.3) is 0 Å². The second-order valence-electron chi connectivity index (χ2n) is 5.71. The van der Waals surface area contributed by atoms with Crippen molar-refractivity contribution in [3.05, 3.63) is 78.5 Å². The Kier molecular flexibility index (Phi) is 5.70. The quantitative estimate of drug-likeness (QED) is 0.642. The summed E-state index contributed by atoms with van der Waals surface area (Å²) in [6.45, 7) is 0. The van der Waals surface area contributed by atoms with Crippen molar-refractivity contribution >= 4 is 38.7 Å². The lowest BCUT2D eigenvalue weighted by Gasteiger charge is -2.13. The van der Waals surface area contributed by atoms with Crippen molar-refractivity contribution in [3.63, 3.8) is 0 Å². The predicted molar refractivity (Wildman–Crippen MR) is 116 cm³/mol. The molecule has 5 nitrogen and oxygen atoms in total. The number of sulfonamides is 1. The minimum atomic E-state index is -3.60. The van der Waals surface area contributed by atoms with E-state index in [1.165, 1.54) is 0 Å². The van der Waals surface area contributed by atoms with E-state index in [4.69, 9.17) is 12.2 Å². The van der Waals surface area contributed by atoms with Gasteiger partial charge in [-0.1, -0.05) is 30.4 Å². The molecular formula is C19H25N3O2S2. The van der Waals surface area contributed by atoms with E-state index in [1.54, 1.807) is 30.3 Å². The Morgan fingerprint density at radius 1 is 0.923 bits per heavy atom. The van der Waals surface area contributed by atoms with Gasteiger partial charge in [-0.2, -0.15) is 0 Å². The van der Waals surface area contributed by atoms with Crippen LogP contribution in [0.3, 0.4) is 0 Å². The molecule has 0 unspecified atom stereocenters. The van der Waals surface area contributed by atoms with E-state index in [0.717, 1.165) is 18.5 Å². The van der Waals surface area contributed by atoms with Crippen LogP contribution in [0.1, 0.15) is 17.1 Å². The first-order valence-electron chi connectivity index (χ1n) is 8.15. The molecule has 2 aromatic rings. The molecule has 140 valence electrons. The van der Waals surface area contributed by atoms with Gasteiger partial charge in [-0.05, 0) is 67.5 Å². The number of hydrogen-bond donors (Lipinski definition) is 3. The lowest BCUT2D eigenvalue weighted by Crippen LogP contribution is -2.23. The molecule has 2 aromatic carbocycles. The Morgan fingerprint density at radius 3 is 2.19 bits per heavy atom. The fraction of sp³-hybridized carbons (Fsp3) is 0.105. The fourth-order valence-corrected chi connectivity index (χ4v) is 3.75. The molecule has 0 saturated heterocycles. The number of thiocarbonyl (C=S) groups is 1. The number of rotatable bonds is 5. The van der Waals surface area contributed by atoms with Gasteiger partial charge in [0.25, 0.3) is 10.0 Å². The molecule has 0 spiro atoms. The van der Waals surface area contributed by atoms with Crippen molar-refractivity contribution < 1.29 is 12.7 Å². The minimum Gasteiger partial charge on any atom is -0.332 e. The molecule has 1 aliphatic carbocycles. The monoisotopic (exact) mass is 391 g/mol. The van der Waals surface area contributed by atoms with Crippen LogP contribution in [0.2, 0.25) is 0 Å². The van der Waals surface area contributed by atoms with Crippen LogP contribution in [0.5, 0.6) is 0 Å². The lowest BCUT2D eigenvalue weighted by molar-refractivity contribution is 0.589. The Labute approximate surface area is 163 Å². The van der Waals surface area contributed by atoms with Crippen LogP contribution in [0.15, 0.2) is 83.4 Å². The zero-order chi connectivity index (χ0) is 18.4. The molecule has 0 bridgehead atoms. The largest absolute Gasteiger partial charge is 0.332 e. The highest BCUT2D eigenvalue weighted by molar-refractivity contribution is 7.89. The molecule has 0 radical (unpaired) electrons. The molecule has 0 amide bonds. The van der Waals surface area contributed by atoms with Gasteiger partial charge in [-0.15, -0.1) is 0 Å². The summed E-state index contributed by atoms with van der Waals surface area (Å²) in [7, 11) is -3.60. The molecule has 0 heterocycles. The van der Waals surface area contributed by atoms with Crippen molar-refractivity contribution in [2.24, 2.45) is 0 Å². The van der Waals surface area contributed by atoms with Gasteiger partial charge in [-0.25, -0.2) is 8.42 Å². The molecule has 26 heavy (non-hydrogen) atoms. The van der Waals surface area contributed by atoms with E-state index in [9.17, 15) is 8.42 Å². The number of hydrogen-bond acceptors (Lipinski definition) is 3. The lowest BCUT2D eigenvalue weighted by atomic mass is 10.2. The van der Waals surface area contributed by atoms with Crippen LogP contribution in [-0.4, -0.2) is 13.5 Å². The van der Waals surface area contributed by atoms with Gasteiger partial charge in [-0.3, -0.25) is 4.72 Å². The Bertz CT molecular complexity index is 948. The highest BCUT2D eigenvalue weighted by Crippen LogP contribution is 2.17. The van der Waals surface area contributed by atoms with E-state index in [1.807, 2.05) is 42.5 Å². The molecule has 3 rings (SSSR count). The van der Waals surface area contributed by atoms with Gasteiger partial charge in [0, 0.05) is 21.4 Å². The molecule has 3 N–H and O–H groups in total. The second kappa shape index (κ2) is 8.16. The number of benzene rings is 2. The SMILES string of the molecule is O=S(=O)(NC1=CCCC=C1)c1ccc(NC(=S)Nc2ccccc2)cc1.[HH].[HH].[HH]. The maximum atomic E-state index is 12.4. The maximum Gasteiger partial charge on any atom is 0.261 e. The summed E-state index contributed by atoms with van der Waals surface area (Å²) in [5.41, 5.74) is 2.18. The van der Waals surface area contributed by atoms with Crippen molar-refractivity contribution in [2.75, 3.05) is 10.6 Å². The zero-order valence-corrected chi connectivity index (χ0v) is 15.6. The Balaban J connectivity index is 0.00000261. The van der Waals surface area contributed by atoms with Crippen LogP contribution < -0.4 is 15.4 Å². The van der Waals surface area contributed by atoms with E-state index in [0.29, 0.717) is 16.5 Å². The number of para-hydroxylation sites is 1. The van der Waals surface area contributed by atoms with Gasteiger partial charge >= 0.3 is 0 Å². The molecule has 0 saturated carbocycles. The zero-order valence-electron chi connectivity index (χ0n) is 14.0. The Hall–Kier alpha value is -2.64. The van der Waals surface area contributed by atoms with Gasteiger partial charge in [0.1, 0.15) is 0 Å². The molecule has 0 atom stereocenters. The van der Waals surface area contributed by atoms with E-state index < -0.39 is 10.0 Å².